The zero-order chi connectivity index (χ0) is 20.8. The van der Waals surface area contributed by atoms with Gasteiger partial charge in [0.1, 0.15) is 5.75 Å². The van der Waals surface area contributed by atoms with E-state index in [1.54, 1.807) is 18.2 Å². The normalized spacial score (nSPS) is 10.6. The average molecular weight is 416 g/mol. The first-order valence-corrected chi connectivity index (χ1v) is 9.53. The van der Waals surface area contributed by atoms with Gasteiger partial charge in [0.2, 0.25) is 5.91 Å². The molecular weight excluding hydrogens is 398 g/mol. The van der Waals surface area contributed by atoms with E-state index in [4.69, 9.17) is 0 Å². The smallest absolute Gasteiger partial charge is 0.387 e. The highest BCUT2D eigenvalue weighted by atomic mass is 32.1. The Morgan fingerprint density at radius 3 is 2.48 bits per heavy atom. The molecule has 0 radical (unpaired) electrons. The monoisotopic (exact) mass is 416 g/mol. The van der Waals surface area contributed by atoms with Crippen LogP contribution in [0.25, 0.3) is 0 Å². The number of rotatable bonds is 7. The summed E-state index contributed by atoms with van der Waals surface area (Å²) in [6.07, 6.45) is 0.373. The maximum atomic E-state index is 12.7. The molecule has 8 heteroatoms. The van der Waals surface area contributed by atoms with Gasteiger partial charge in [0.05, 0.1) is 9.88 Å². The van der Waals surface area contributed by atoms with Gasteiger partial charge >= 0.3 is 6.61 Å². The summed E-state index contributed by atoms with van der Waals surface area (Å²) in [5, 5.41) is 5.93. The molecule has 0 aliphatic rings. The van der Waals surface area contributed by atoms with Gasteiger partial charge in [0.15, 0.2) is 0 Å². The van der Waals surface area contributed by atoms with Gasteiger partial charge in [-0.05, 0) is 35.9 Å². The molecule has 2 N–H and O–H groups in total. The van der Waals surface area contributed by atoms with Gasteiger partial charge in [0.25, 0.3) is 5.91 Å². The quantitative estimate of drug-likeness (QED) is 0.560. The lowest BCUT2D eigenvalue weighted by Gasteiger charge is -2.13. The van der Waals surface area contributed by atoms with Crippen LogP contribution in [-0.4, -0.2) is 18.4 Å². The largest absolute Gasteiger partial charge is 0.435 e. The Balaban J connectivity index is 1.80. The van der Waals surface area contributed by atoms with Gasteiger partial charge < -0.3 is 15.4 Å². The van der Waals surface area contributed by atoms with E-state index < -0.39 is 6.61 Å². The minimum Gasteiger partial charge on any atom is -0.435 e. The minimum absolute atomic E-state index is 0.0610. The average Bonchev–Trinajstić information content (AvgIpc) is 3.12. The van der Waals surface area contributed by atoms with Crippen LogP contribution in [0.4, 0.5) is 19.5 Å². The molecule has 0 unspecified atom stereocenters. The van der Waals surface area contributed by atoms with E-state index in [1.807, 2.05) is 30.3 Å². The topological polar surface area (TPSA) is 67.4 Å². The first kappa shape index (κ1) is 20.5. The maximum Gasteiger partial charge on any atom is 0.387 e. The van der Waals surface area contributed by atoms with Crippen LogP contribution in [-0.2, 0) is 11.2 Å². The van der Waals surface area contributed by atoms with Crippen LogP contribution >= 0.6 is 11.3 Å². The van der Waals surface area contributed by atoms with Crippen molar-refractivity contribution in [3.63, 3.8) is 0 Å². The molecule has 0 fully saturated rings. The standard InChI is InChI=1S/C21H18F2N2O3S/c1-13(26)24-19-10-9-18(29-19)20(27)25-16-7-8-17(28-21(22)23)15(12-16)11-14-5-3-2-4-6-14/h2-10,12,21H,11H2,1H3,(H,24,26)(H,25,27). The van der Waals surface area contributed by atoms with Gasteiger partial charge in [-0.1, -0.05) is 30.3 Å². The number of nitrogens with one attached hydrogen (secondary N) is 2. The molecule has 0 atom stereocenters. The molecular formula is C21H18F2N2O3S. The minimum atomic E-state index is -2.94. The van der Waals surface area contributed by atoms with Crippen LogP contribution in [0, 0.1) is 0 Å². The lowest BCUT2D eigenvalue weighted by molar-refractivity contribution is -0.114. The Morgan fingerprint density at radius 2 is 1.79 bits per heavy atom. The second kappa shape index (κ2) is 9.29. The summed E-state index contributed by atoms with van der Waals surface area (Å²) in [7, 11) is 0. The van der Waals surface area contributed by atoms with Crippen LogP contribution in [0.1, 0.15) is 27.7 Å². The van der Waals surface area contributed by atoms with Crippen LogP contribution < -0.4 is 15.4 Å². The van der Waals surface area contributed by atoms with Crippen molar-refractivity contribution in [1.82, 2.24) is 0 Å². The number of carbonyl (C=O) groups is 2. The van der Waals surface area contributed by atoms with Crippen LogP contribution in [0.3, 0.4) is 0 Å². The number of hydrogen-bond acceptors (Lipinski definition) is 4. The van der Waals surface area contributed by atoms with Crippen molar-refractivity contribution in [3.8, 4) is 5.75 Å². The van der Waals surface area contributed by atoms with E-state index in [0.29, 0.717) is 27.5 Å². The molecule has 0 spiro atoms. The number of thiophene rings is 1. The second-order valence-electron chi connectivity index (χ2n) is 6.16. The molecule has 3 aromatic rings. The molecule has 2 amide bonds. The lowest BCUT2D eigenvalue weighted by Crippen LogP contribution is -2.11. The number of benzene rings is 2. The molecule has 150 valence electrons. The molecule has 1 heterocycles. The summed E-state index contributed by atoms with van der Waals surface area (Å²) in [5.41, 5.74) is 1.91. The number of carbonyl (C=O) groups excluding carboxylic acids is 2. The zero-order valence-electron chi connectivity index (χ0n) is 15.4. The van der Waals surface area contributed by atoms with Crippen molar-refractivity contribution in [2.45, 2.75) is 20.0 Å². The third-order valence-electron chi connectivity index (χ3n) is 3.90. The fourth-order valence-corrected chi connectivity index (χ4v) is 3.56. The number of hydrogen-bond donors (Lipinski definition) is 2. The molecule has 29 heavy (non-hydrogen) atoms. The van der Waals surface area contributed by atoms with Crippen LogP contribution in [0.2, 0.25) is 0 Å². The Hall–Kier alpha value is -3.26. The first-order chi connectivity index (χ1) is 13.9. The fraction of sp³-hybridized carbons (Fsp3) is 0.143. The molecule has 0 saturated carbocycles. The highest BCUT2D eigenvalue weighted by molar-refractivity contribution is 7.18. The highest BCUT2D eigenvalue weighted by Gasteiger charge is 2.14. The van der Waals surface area contributed by atoms with Crippen molar-refractivity contribution >= 4 is 33.8 Å². The molecule has 0 saturated heterocycles. The summed E-state index contributed by atoms with van der Waals surface area (Å²) in [4.78, 5) is 24.0. The van der Waals surface area contributed by atoms with Gasteiger partial charge in [-0.25, -0.2) is 0 Å². The molecule has 0 aliphatic carbocycles. The van der Waals surface area contributed by atoms with Crippen molar-refractivity contribution in [2.24, 2.45) is 0 Å². The molecule has 1 aromatic heterocycles. The molecule has 2 aromatic carbocycles. The molecule has 0 aliphatic heterocycles. The predicted octanol–water partition coefficient (Wildman–Crippen LogP) is 5.15. The zero-order valence-corrected chi connectivity index (χ0v) is 16.3. The van der Waals surface area contributed by atoms with Gasteiger partial charge in [-0.3, -0.25) is 9.59 Å². The van der Waals surface area contributed by atoms with Gasteiger partial charge in [0, 0.05) is 24.6 Å². The summed E-state index contributed by atoms with van der Waals surface area (Å²) in [5.74, 6) is -0.523. The Kier molecular flexibility index (Phi) is 6.56. The lowest BCUT2D eigenvalue weighted by atomic mass is 10.0. The molecule has 0 bridgehead atoms. The number of ether oxygens (including phenoxy) is 1. The van der Waals surface area contributed by atoms with E-state index in [2.05, 4.69) is 15.4 Å². The first-order valence-electron chi connectivity index (χ1n) is 8.71. The van der Waals surface area contributed by atoms with Crippen molar-refractivity contribution in [2.75, 3.05) is 10.6 Å². The summed E-state index contributed by atoms with van der Waals surface area (Å²) in [6, 6.07) is 17.1. The number of anilines is 2. The Bertz CT molecular complexity index is 1010. The highest BCUT2D eigenvalue weighted by Crippen LogP contribution is 2.28. The van der Waals surface area contributed by atoms with Crippen molar-refractivity contribution < 1.29 is 23.1 Å². The van der Waals surface area contributed by atoms with Crippen molar-refractivity contribution in [1.29, 1.82) is 0 Å². The third kappa shape index (κ3) is 5.86. The maximum absolute atomic E-state index is 12.7. The van der Waals surface area contributed by atoms with E-state index in [1.165, 1.54) is 19.1 Å². The van der Waals surface area contributed by atoms with E-state index in [-0.39, 0.29) is 17.6 Å². The van der Waals surface area contributed by atoms with Gasteiger partial charge in [-0.2, -0.15) is 8.78 Å². The summed E-state index contributed by atoms with van der Waals surface area (Å²) < 4.78 is 30.1. The second-order valence-corrected chi connectivity index (χ2v) is 7.25. The third-order valence-corrected chi connectivity index (χ3v) is 4.90. The number of alkyl halides is 2. The molecule has 5 nitrogen and oxygen atoms in total. The summed E-state index contributed by atoms with van der Waals surface area (Å²) >= 11 is 1.14. The molecule has 3 rings (SSSR count). The Morgan fingerprint density at radius 1 is 1.03 bits per heavy atom. The predicted molar refractivity (Wildman–Crippen MR) is 109 cm³/mol. The van der Waals surface area contributed by atoms with E-state index >= 15 is 0 Å². The van der Waals surface area contributed by atoms with Crippen LogP contribution in [0.5, 0.6) is 5.75 Å². The SMILES string of the molecule is CC(=O)Nc1ccc(C(=O)Nc2ccc(OC(F)F)c(Cc3ccccc3)c2)s1. The summed E-state index contributed by atoms with van der Waals surface area (Å²) in [6.45, 7) is -1.56. The van der Waals surface area contributed by atoms with Crippen molar-refractivity contribution in [3.05, 3.63) is 76.7 Å². The number of halogens is 2. The number of amides is 2. The van der Waals surface area contributed by atoms with E-state index in [9.17, 15) is 18.4 Å². The Labute approximate surface area is 170 Å². The van der Waals surface area contributed by atoms with Gasteiger partial charge in [-0.15, -0.1) is 11.3 Å². The fourth-order valence-electron chi connectivity index (χ4n) is 2.72. The van der Waals surface area contributed by atoms with E-state index in [0.717, 1.165) is 16.9 Å². The van der Waals surface area contributed by atoms with Crippen LogP contribution in [0.15, 0.2) is 60.7 Å².